The first-order valence-electron chi connectivity index (χ1n) is 16.3. The number of allylic oxidation sites excluding steroid dienone is 1. The maximum Gasteiger partial charge on any atom is 0.343 e. The smallest absolute Gasteiger partial charge is 0.343 e. The summed E-state index contributed by atoms with van der Waals surface area (Å²) in [5, 5.41) is 12.2. The lowest BCUT2D eigenvalue weighted by Crippen LogP contribution is -2.60. The molecule has 8 heteroatoms. The van der Waals surface area contributed by atoms with Crippen LogP contribution in [-0.2, 0) is 25.4 Å². The summed E-state index contributed by atoms with van der Waals surface area (Å²) in [6.45, 7) is 3.96. The topological polar surface area (TPSA) is 68.2 Å². The van der Waals surface area contributed by atoms with E-state index in [1.54, 1.807) is 14.0 Å². The van der Waals surface area contributed by atoms with Crippen molar-refractivity contribution in [2.24, 2.45) is 29.6 Å². The van der Waals surface area contributed by atoms with Crippen molar-refractivity contribution in [2.45, 2.75) is 89.4 Å². The molecule has 6 aliphatic rings. The fraction of sp³-hybridized carbons (Fsp3) is 0.629. The molecule has 0 bridgehead atoms. The number of benzene rings is 1. The van der Waals surface area contributed by atoms with E-state index >= 15 is 0 Å². The van der Waals surface area contributed by atoms with Crippen LogP contribution in [0.4, 0.5) is 0 Å². The van der Waals surface area contributed by atoms with Crippen molar-refractivity contribution in [2.75, 3.05) is 18.6 Å². The summed E-state index contributed by atoms with van der Waals surface area (Å²) in [5.41, 5.74) is 1.86. The molecule has 9 atom stereocenters. The number of fused-ring (bicyclic) bond motifs is 3. The number of carbonyl (C=O) groups is 1. The number of esters is 1. The second-order valence-electron chi connectivity index (χ2n) is 13.6. The summed E-state index contributed by atoms with van der Waals surface area (Å²) < 4.78 is 18.1. The van der Waals surface area contributed by atoms with Crippen molar-refractivity contribution in [1.82, 2.24) is 4.90 Å². The largest absolute Gasteiger partial charge is 0.492 e. The van der Waals surface area contributed by atoms with E-state index < -0.39 is 0 Å². The van der Waals surface area contributed by atoms with Gasteiger partial charge in [0.05, 0.1) is 18.8 Å². The molecule has 7 rings (SSSR count). The van der Waals surface area contributed by atoms with Crippen molar-refractivity contribution in [1.29, 1.82) is 0 Å². The maximum absolute atomic E-state index is 12.5. The van der Waals surface area contributed by atoms with E-state index in [1.165, 1.54) is 30.6 Å². The summed E-state index contributed by atoms with van der Waals surface area (Å²) >= 11 is 0. The van der Waals surface area contributed by atoms with Gasteiger partial charge in [-0.15, -0.1) is 0 Å². The standard InChI is InChI=1S/C35H45NO5S2/c1-20-31-28-16-23(14-22-8-5-4-6-9-22)15-27-29(37)17-24-10-7-11-25(24)18-42-43-19-26(36(27)28)12-13-30(31)40-33(20)34-32(39-3)21(2)35(38)41-34/h4-6,8-9,13,20,23-29,31,37H,7,10-12,14-19H2,1-3H3/t20-,23+,24-,25+,26-,27?,28-,29+,31+/m1/s1. The van der Waals surface area contributed by atoms with Crippen molar-refractivity contribution < 1.29 is 24.1 Å². The Labute approximate surface area is 264 Å². The van der Waals surface area contributed by atoms with Gasteiger partial charge in [-0.25, -0.2) is 4.79 Å². The van der Waals surface area contributed by atoms with Gasteiger partial charge in [-0.05, 0) is 74.8 Å². The molecule has 1 N–H and O–H groups in total. The molecule has 4 fully saturated rings. The first kappa shape index (κ1) is 29.8. The zero-order valence-corrected chi connectivity index (χ0v) is 27.2. The lowest BCUT2D eigenvalue weighted by Gasteiger charge is -2.52. The van der Waals surface area contributed by atoms with Gasteiger partial charge in [0.15, 0.2) is 11.5 Å². The molecular weight excluding hydrogens is 579 g/mol. The number of methoxy groups -OCH3 is 1. The monoisotopic (exact) mass is 623 g/mol. The molecule has 0 radical (unpaired) electrons. The first-order chi connectivity index (χ1) is 20.9. The second-order valence-corrected chi connectivity index (χ2v) is 16.1. The molecule has 1 saturated carbocycles. The van der Waals surface area contributed by atoms with E-state index in [1.807, 2.05) is 10.8 Å². The average molecular weight is 624 g/mol. The Morgan fingerprint density at radius 3 is 2.60 bits per heavy atom. The predicted octanol–water partition coefficient (Wildman–Crippen LogP) is 6.87. The molecule has 1 aromatic rings. The van der Waals surface area contributed by atoms with Gasteiger partial charge >= 0.3 is 5.97 Å². The minimum atomic E-state index is -0.369. The van der Waals surface area contributed by atoms with E-state index in [4.69, 9.17) is 14.2 Å². The fourth-order valence-corrected chi connectivity index (χ4v) is 11.9. The highest BCUT2D eigenvalue weighted by Crippen LogP contribution is 2.52. The zero-order valence-electron chi connectivity index (χ0n) is 25.6. The van der Waals surface area contributed by atoms with Crippen LogP contribution in [0.3, 0.4) is 0 Å². The number of nitrogens with zero attached hydrogens (tertiary/aromatic N) is 1. The highest BCUT2D eigenvalue weighted by Gasteiger charge is 2.53. The molecule has 0 aromatic heterocycles. The van der Waals surface area contributed by atoms with Gasteiger partial charge in [0.2, 0.25) is 5.76 Å². The molecule has 43 heavy (non-hydrogen) atoms. The summed E-state index contributed by atoms with van der Waals surface area (Å²) in [6, 6.07) is 11.6. The Kier molecular flexibility index (Phi) is 8.66. The summed E-state index contributed by atoms with van der Waals surface area (Å²) in [7, 11) is 5.68. The Balaban J connectivity index is 1.27. The molecule has 1 unspecified atom stereocenters. The fourth-order valence-electron chi connectivity index (χ4n) is 9.05. The van der Waals surface area contributed by atoms with Crippen molar-refractivity contribution in [3.63, 3.8) is 0 Å². The molecule has 1 aliphatic carbocycles. The predicted molar refractivity (Wildman–Crippen MR) is 172 cm³/mol. The third-order valence-electron chi connectivity index (χ3n) is 11.1. The molecule has 0 spiro atoms. The molecule has 0 amide bonds. The molecule has 5 aliphatic heterocycles. The summed E-state index contributed by atoms with van der Waals surface area (Å²) in [6.07, 6.45) is 10.8. The van der Waals surface area contributed by atoms with E-state index in [2.05, 4.69) is 59.0 Å². The Morgan fingerprint density at radius 1 is 1.02 bits per heavy atom. The first-order valence-corrected chi connectivity index (χ1v) is 18.7. The summed E-state index contributed by atoms with van der Waals surface area (Å²) in [5.74, 6) is 6.47. The molecule has 1 aromatic carbocycles. The minimum absolute atomic E-state index is 0.0153. The lowest BCUT2D eigenvalue weighted by atomic mass is 9.72. The van der Waals surface area contributed by atoms with Crippen molar-refractivity contribution >= 4 is 27.6 Å². The van der Waals surface area contributed by atoms with Crippen LogP contribution in [0, 0.1) is 29.6 Å². The van der Waals surface area contributed by atoms with Gasteiger partial charge in [-0.1, -0.05) is 71.7 Å². The number of hydrogen-bond acceptors (Lipinski definition) is 8. The maximum atomic E-state index is 12.5. The average Bonchev–Trinajstić information content (AvgIpc) is 3.63. The van der Waals surface area contributed by atoms with Gasteiger partial charge in [0, 0.05) is 41.5 Å². The molecule has 6 nitrogen and oxygen atoms in total. The zero-order chi connectivity index (χ0) is 29.7. The molecule has 232 valence electrons. The van der Waals surface area contributed by atoms with Crippen molar-refractivity contribution in [3.05, 3.63) is 70.6 Å². The number of aliphatic hydroxyl groups is 1. The van der Waals surface area contributed by atoms with Crippen molar-refractivity contribution in [3.8, 4) is 0 Å². The van der Waals surface area contributed by atoms with Crippen LogP contribution in [0.15, 0.2) is 65.0 Å². The van der Waals surface area contributed by atoms with Crippen LogP contribution in [0.1, 0.15) is 64.4 Å². The van der Waals surface area contributed by atoms with Crippen LogP contribution in [0.25, 0.3) is 0 Å². The molecular formula is C35H45NO5S2. The van der Waals surface area contributed by atoms with Gasteiger partial charge in [0.1, 0.15) is 5.76 Å². The van der Waals surface area contributed by atoms with E-state index in [0.29, 0.717) is 40.7 Å². The van der Waals surface area contributed by atoms with E-state index in [-0.39, 0.29) is 36.0 Å². The highest BCUT2D eigenvalue weighted by molar-refractivity contribution is 8.76. The number of ether oxygens (including phenoxy) is 3. The van der Waals surface area contributed by atoms with Gasteiger partial charge in [-0.3, -0.25) is 4.90 Å². The Hall–Kier alpha value is -1.87. The van der Waals surface area contributed by atoms with Gasteiger partial charge in [-0.2, -0.15) is 0 Å². The van der Waals surface area contributed by atoms with Crippen LogP contribution < -0.4 is 0 Å². The van der Waals surface area contributed by atoms with Crippen LogP contribution in [0.2, 0.25) is 0 Å². The number of piperidine rings is 1. The number of carbonyl (C=O) groups excluding carboxylic acids is 1. The molecule has 5 heterocycles. The third kappa shape index (κ3) is 5.59. The SMILES string of the molecule is COC1=C(C)C(=O)OC1=C1OC2=CC[C@@H]3CSSC[C@@H]4CCC[C@@H]4C[C@H](O)C4C[C@H](Cc5ccccc5)C[C@H]([C@@H]2[C@H]1C)N43. The third-order valence-corrected chi connectivity index (χ3v) is 13.7. The summed E-state index contributed by atoms with van der Waals surface area (Å²) in [4.78, 5) is 15.3. The quantitative estimate of drug-likeness (QED) is 0.289. The van der Waals surface area contributed by atoms with E-state index in [9.17, 15) is 9.90 Å². The van der Waals surface area contributed by atoms with Gasteiger partial charge < -0.3 is 19.3 Å². The lowest BCUT2D eigenvalue weighted by molar-refractivity contribution is -0.133. The normalized spacial score (nSPS) is 40.0. The van der Waals surface area contributed by atoms with Crippen LogP contribution >= 0.6 is 21.6 Å². The Morgan fingerprint density at radius 2 is 1.79 bits per heavy atom. The number of cyclic esters (lactones) is 1. The Bertz CT molecular complexity index is 1310. The number of hydrogen-bond donors (Lipinski definition) is 1. The van der Waals surface area contributed by atoms with Gasteiger partial charge in [0.25, 0.3) is 0 Å². The minimum Gasteiger partial charge on any atom is -0.492 e. The number of aliphatic hydroxyl groups excluding tert-OH is 1. The molecule has 3 saturated heterocycles. The van der Waals surface area contributed by atoms with Crippen LogP contribution in [-0.4, -0.2) is 58.8 Å². The highest BCUT2D eigenvalue weighted by atomic mass is 33.1. The van der Waals surface area contributed by atoms with E-state index in [0.717, 1.165) is 49.5 Å². The number of rotatable bonds is 3. The second kappa shape index (κ2) is 12.5. The van der Waals surface area contributed by atoms with Crippen LogP contribution in [0.5, 0.6) is 0 Å².